The molecule has 19 heavy (non-hydrogen) atoms. The van der Waals surface area contributed by atoms with Crippen LogP contribution in [0.25, 0.3) is 0 Å². The van der Waals surface area contributed by atoms with E-state index in [1.54, 1.807) is 7.11 Å². The quantitative estimate of drug-likeness (QED) is 0.896. The third kappa shape index (κ3) is 2.29. The molecule has 0 saturated heterocycles. The summed E-state index contributed by atoms with van der Waals surface area (Å²) in [6.45, 7) is 0. The summed E-state index contributed by atoms with van der Waals surface area (Å²) in [7, 11) is 1.62. The van der Waals surface area contributed by atoms with Crippen molar-refractivity contribution in [3.05, 3.63) is 59.7 Å². The fourth-order valence-electron chi connectivity index (χ4n) is 2.42. The topological polar surface area (TPSA) is 38.7 Å². The molecule has 0 aliphatic carbocycles. The van der Waals surface area contributed by atoms with Crippen LogP contribution < -0.4 is 9.47 Å². The molecule has 1 aliphatic heterocycles. The van der Waals surface area contributed by atoms with E-state index in [9.17, 15) is 5.11 Å². The molecular weight excluding hydrogens is 240 g/mol. The third-order valence-corrected chi connectivity index (χ3v) is 3.45. The Bertz CT molecular complexity index is 565. The van der Waals surface area contributed by atoms with Crippen molar-refractivity contribution in [1.29, 1.82) is 0 Å². The molecule has 0 radical (unpaired) electrons. The Labute approximate surface area is 112 Å². The number of rotatable bonds is 2. The molecule has 0 spiro atoms. The number of methoxy groups -OCH3 is 1. The van der Waals surface area contributed by atoms with Crippen LogP contribution in [-0.4, -0.2) is 12.2 Å². The van der Waals surface area contributed by atoms with Gasteiger partial charge in [0.15, 0.2) is 0 Å². The summed E-state index contributed by atoms with van der Waals surface area (Å²) in [5.41, 5.74) is 1.88. The van der Waals surface area contributed by atoms with Gasteiger partial charge in [-0.3, -0.25) is 0 Å². The highest BCUT2D eigenvalue weighted by Gasteiger charge is 2.28. The Kier molecular flexibility index (Phi) is 3.13. The lowest BCUT2D eigenvalue weighted by Crippen LogP contribution is -2.19. The van der Waals surface area contributed by atoms with Crippen LogP contribution in [0, 0.1) is 0 Å². The fraction of sp³-hybridized carbons (Fsp3) is 0.250. The molecule has 0 amide bonds. The number of ether oxygens (including phenoxy) is 2. The van der Waals surface area contributed by atoms with Crippen LogP contribution >= 0.6 is 0 Å². The van der Waals surface area contributed by atoms with Crippen molar-refractivity contribution in [2.75, 3.05) is 7.11 Å². The number of hydrogen-bond donors (Lipinski definition) is 1. The average Bonchev–Trinajstić information content (AvgIpc) is 2.48. The van der Waals surface area contributed by atoms with Crippen molar-refractivity contribution >= 4 is 0 Å². The molecule has 0 saturated carbocycles. The second kappa shape index (κ2) is 4.94. The summed E-state index contributed by atoms with van der Waals surface area (Å²) >= 11 is 0. The number of benzene rings is 2. The predicted octanol–water partition coefficient (Wildman–Crippen LogP) is 3.25. The lowest BCUT2D eigenvalue weighted by molar-refractivity contribution is 0.0654. The first-order chi connectivity index (χ1) is 9.28. The van der Waals surface area contributed by atoms with E-state index in [1.807, 2.05) is 48.5 Å². The van der Waals surface area contributed by atoms with Crippen LogP contribution in [0.4, 0.5) is 0 Å². The Hall–Kier alpha value is -2.00. The standard InChI is InChI=1S/C16H16O3/c1-18-12-7-8-15-13(9-12)14(17)10-16(19-15)11-5-3-2-4-6-11/h2-9,14,16-17H,10H2,1H3/t14-,16?/m0/s1. The van der Waals surface area contributed by atoms with Crippen LogP contribution in [0.1, 0.15) is 29.8 Å². The maximum absolute atomic E-state index is 10.3. The monoisotopic (exact) mass is 256 g/mol. The van der Waals surface area contributed by atoms with Gasteiger partial charge < -0.3 is 14.6 Å². The molecule has 3 heteroatoms. The normalized spacial score (nSPS) is 21.4. The van der Waals surface area contributed by atoms with Crippen LogP contribution in [-0.2, 0) is 0 Å². The van der Waals surface area contributed by atoms with Crippen molar-refractivity contribution in [1.82, 2.24) is 0 Å². The molecular formula is C16H16O3. The van der Waals surface area contributed by atoms with Crippen LogP contribution in [0.15, 0.2) is 48.5 Å². The predicted molar refractivity (Wildman–Crippen MR) is 72.4 cm³/mol. The molecule has 1 aliphatic rings. The summed E-state index contributed by atoms with van der Waals surface area (Å²) in [6.07, 6.45) is -0.0642. The van der Waals surface area contributed by atoms with E-state index < -0.39 is 6.10 Å². The largest absolute Gasteiger partial charge is 0.497 e. The smallest absolute Gasteiger partial charge is 0.127 e. The van der Waals surface area contributed by atoms with Gasteiger partial charge in [-0.05, 0) is 23.8 Å². The Balaban J connectivity index is 1.92. The van der Waals surface area contributed by atoms with Crippen molar-refractivity contribution in [2.45, 2.75) is 18.6 Å². The number of aliphatic hydroxyl groups excluding tert-OH is 1. The molecule has 0 bridgehead atoms. The minimum atomic E-state index is -0.524. The lowest BCUT2D eigenvalue weighted by atomic mass is 9.95. The van der Waals surface area contributed by atoms with E-state index in [2.05, 4.69) is 0 Å². The molecule has 3 nitrogen and oxygen atoms in total. The number of hydrogen-bond acceptors (Lipinski definition) is 3. The second-order valence-electron chi connectivity index (χ2n) is 4.67. The fourth-order valence-corrected chi connectivity index (χ4v) is 2.42. The Morgan fingerprint density at radius 3 is 2.68 bits per heavy atom. The van der Waals surface area contributed by atoms with Crippen molar-refractivity contribution in [3.63, 3.8) is 0 Å². The molecule has 3 rings (SSSR count). The van der Waals surface area contributed by atoms with E-state index in [4.69, 9.17) is 9.47 Å². The van der Waals surface area contributed by atoms with Gasteiger partial charge in [-0.25, -0.2) is 0 Å². The summed E-state index contributed by atoms with van der Waals surface area (Å²) in [5.74, 6) is 1.47. The summed E-state index contributed by atoms with van der Waals surface area (Å²) in [6, 6.07) is 15.5. The molecule has 1 heterocycles. The van der Waals surface area contributed by atoms with Gasteiger partial charge in [0.2, 0.25) is 0 Å². The van der Waals surface area contributed by atoms with E-state index in [0.29, 0.717) is 6.42 Å². The highest BCUT2D eigenvalue weighted by atomic mass is 16.5. The van der Waals surface area contributed by atoms with Gasteiger partial charge in [-0.15, -0.1) is 0 Å². The zero-order chi connectivity index (χ0) is 13.2. The van der Waals surface area contributed by atoms with Crippen molar-refractivity contribution in [3.8, 4) is 11.5 Å². The Morgan fingerprint density at radius 2 is 1.95 bits per heavy atom. The van der Waals surface area contributed by atoms with Crippen molar-refractivity contribution in [2.24, 2.45) is 0 Å². The highest BCUT2D eigenvalue weighted by molar-refractivity contribution is 5.43. The van der Waals surface area contributed by atoms with E-state index in [-0.39, 0.29) is 6.10 Å². The van der Waals surface area contributed by atoms with Crippen molar-refractivity contribution < 1.29 is 14.6 Å². The molecule has 1 N–H and O–H groups in total. The van der Waals surface area contributed by atoms with Gasteiger partial charge >= 0.3 is 0 Å². The van der Waals surface area contributed by atoms with Crippen LogP contribution in [0.2, 0.25) is 0 Å². The lowest BCUT2D eigenvalue weighted by Gasteiger charge is -2.30. The molecule has 0 aromatic heterocycles. The van der Waals surface area contributed by atoms with E-state index in [1.165, 1.54) is 0 Å². The van der Waals surface area contributed by atoms with Gasteiger partial charge in [-0.1, -0.05) is 30.3 Å². The van der Waals surface area contributed by atoms with Gasteiger partial charge in [-0.2, -0.15) is 0 Å². The van der Waals surface area contributed by atoms with Gasteiger partial charge in [0.25, 0.3) is 0 Å². The zero-order valence-electron chi connectivity index (χ0n) is 10.7. The molecule has 98 valence electrons. The summed E-state index contributed by atoms with van der Waals surface area (Å²) in [4.78, 5) is 0. The molecule has 2 aromatic carbocycles. The third-order valence-electron chi connectivity index (χ3n) is 3.45. The first-order valence-electron chi connectivity index (χ1n) is 6.35. The maximum Gasteiger partial charge on any atom is 0.127 e. The van der Waals surface area contributed by atoms with Gasteiger partial charge in [0.1, 0.15) is 17.6 Å². The van der Waals surface area contributed by atoms with E-state index in [0.717, 1.165) is 22.6 Å². The maximum atomic E-state index is 10.3. The Morgan fingerprint density at radius 1 is 1.16 bits per heavy atom. The molecule has 1 unspecified atom stereocenters. The van der Waals surface area contributed by atoms with Crippen LogP contribution in [0.3, 0.4) is 0 Å². The molecule has 0 fully saturated rings. The first kappa shape index (κ1) is 12.1. The highest BCUT2D eigenvalue weighted by Crippen LogP contribution is 2.41. The minimum Gasteiger partial charge on any atom is -0.497 e. The molecule has 2 aromatic rings. The number of aliphatic hydroxyl groups is 1. The zero-order valence-corrected chi connectivity index (χ0v) is 10.7. The second-order valence-corrected chi connectivity index (χ2v) is 4.67. The molecule has 2 atom stereocenters. The average molecular weight is 256 g/mol. The SMILES string of the molecule is COc1ccc2c(c1)[C@@H](O)CC(c1ccccc1)O2. The summed E-state index contributed by atoms with van der Waals surface area (Å²) in [5, 5.41) is 10.3. The van der Waals surface area contributed by atoms with E-state index >= 15 is 0 Å². The number of fused-ring (bicyclic) bond motifs is 1. The first-order valence-corrected chi connectivity index (χ1v) is 6.35. The van der Waals surface area contributed by atoms with Gasteiger partial charge in [0.05, 0.1) is 13.2 Å². The van der Waals surface area contributed by atoms with Crippen LogP contribution in [0.5, 0.6) is 11.5 Å². The minimum absolute atomic E-state index is 0.0999. The summed E-state index contributed by atoms with van der Waals surface area (Å²) < 4.78 is 11.1. The van der Waals surface area contributed by atoms with Gasteiger partial charge in [0, 0.05) is 12.0 Å².